The van der Waals surface area contributed by atoms with Crippen LogP contribution in [0.3, 0.4) is 0 Å². The van der Waals surface area contributed by atoms with E-state index in [1.807, 2.05) is 19.1 Å². The molecule has 35 heavy (non-hydrogen) atoms. The topological polar surface area (TPSA) is 182 Å². The van der Waals surface area contributed by atoms with Crippen molar-refractivity contribution in [2.45, 2.75) is 51.2 Å². The monoisotopic (exact) mass is 473 g/mol. The van der Waals surface area contributed by atoms with Crippen LogP contribution in [-0.2, 0) is 12.0 Å². The predicted molar refractivity (Wildman–Crippen MR) is 129 cm³/mol. The fourth-order valence-corrected chi connectivity index (χ4v) is 4.03. The molecule has 11 nitrogen and oxygen atoms in total. The van der Waals surface area contributed by atoms with E-state index in [9.17, 15) is 15.2 Å². The van der Waals surface area contributed by atoms with Crippen LogP contribution in [0.15, 0.2) is 41.9 Å². The Hall–Kier alpha value is -4.17. The molecule has 1 saturated carbocycles. The number of amides is 1. The third-order valence-electron chi connectivity index (χ3n) is 6.13. The van der Waals surface area contributed by atoms with Crippen molar-refractivity contribution in [2.24, 2.45) is 16.6 Å². The van der Waals surface area contributed by atoms with Gasteiger partial charge in [0.2, 0.25) is 5.95 Å². The zero-order chi connectivity index (χ0) is 25.4. The fourth-order valence-electron chi connectivity index (χ4n) is 4.03. The minimum atomic E-state index is -0.967. The van der Waals surface area contributed by atoms with Gasteiger partial charge in [0.25, 0.3) is 5.91 Å². The zero-order valence-corrected chi connectivity index (χ0v) is 19.8. The second-order valence-corrected chi connectivity index (χ2v) is 9.55. The van der Waals surface area contributed by atoms with Crippen LogP contribution in [0.1, 0.15) is 55.2 Å². The summed E-state index contributed by atoms with van der Waals surface area (Å²) in [7, 11) is 0. The van der Waals surface area contributed by atoms with Crippen LogP contribution in [-0.4, -0.2) is 47.2 Å². The number of nitrogens with zero attached hydrogens (tertiary/aromatic N) is 7. The quantitative estimate of drug-likeness (QED) is 0.340. The summed E-state index contributed by atoms with van der Waals surface area (Å²) in [6.45, 7) is 5.52. The molecule has 3 aromatic heterocycles. The first-order valence-electron chi connectivity index (χ1n) is 11.1. The van der Waals surface area contributed by atoms with Gasteiger partial charge in [-0.25, -0.2) is 9.97 Å². The average Bonchev–Trinajstić information content (AvgIpc) is 3.57. The number of amidine groups is 1. The van der Waals surface area contributed by atoms with E-state index in [2.05, 4.69) is 25.0 Å². The molecule has 180 valence electrons. The highest BCUT2D eigenvalue weighted by molar-refractivity contribution is 6.06. The maximum absolute atomic E-state index is 12.8. The van der Waals surface area contributed by atoms with Crippen LogP contribution in [0, 0.1) is 17.2 Å². The predicted octanol–water partition coefficient (Wildman–Crippen LogP) is 1.83. The van der Waals surface area contributed by atoms with E-state index in [-0.39, 0.29) is 35.5 Å². The minimum absolute atomic E-state index is 0.0162. The Labute approximate surface area is 202 Å². The standard InChI is InChI=1S/C24H27N9O2/c1-23(2,35)13-33-12-14(9-30-33)20(34)32-21(26)24(3,15-4-5-15)16-6-7-18(28-10-16)17-11-29-22(27)31-19(17)8-25/h6-7,9-12,15,35H,4-5,13H2,1-3H3,(H2,26,32,34)(H2,27,29,31)/t24-/m1/s1. The third kappa shape index (κ3) is 5.02. The summed E-state index contributed by atoms with van der Waals surface area (Å²) in [5.41, 5.74) is 12.6. The van der Waals surface area contributed by atoms with Crippen LogP contribution >= 0.6 is 0 Å². The van der Waals surface area contributed by atoms with E-state index < -0.39 is 16.9 Å². The molecule has 0 saturated heterocycles. The number of carbonyl (C=O) groups is 1. The van der Waals surface area contributed by atoms with Gasteiger partial charge in [0.05, 0.1) is 40.6 Å². The zero-order valence-electron chi connectivity index (χ0n) is 19.8. The molecule has 5 N–H and O–H groups in total. The SMILES string of the molecule is CC(C)(O)Cn1cc(C(=O)N=C(N)[C@@](C)(c2ccc(-c3cnc(N)nc3C#N)nc2)C2CC2)cn1. The van der Waals surface area contributed by atoms with Crippen LogP contribution in [0.5, 0.6) is 0 Å². The van der Waals surface area contributed by atoms with E-state index in [4.69, 9.17) is 11.5 Å². The summed E-state index contributed by atoms with van der Waals surface area (Å²) in [5, 5.41) is 23.5. The van der Waals surface area contributed by atoms with Crippen molar-refractivity contribution in [2.75, 3.05) is 5.73 Å². The number of aliphatic imine (C=N–C) groups is 1. The van der Waals surface area contributed by atoms with Crippen molar-refractivity contribution in [3.05, 3.63) is 53.7 Å². The molecule has 3 heterocycles. The largest absolute Gasteiger partial charge is 0.389 e. The van der Waals surface area contributed by atoms with Crippen molar-refractivity contribution >= 4 is 17.7 Å². The van der Waals surface area contributed by atoms with E-state index in [1.54, 1.807) is 32.3 Å². The number of carbonyl (C=O) groups excluding carboxylic acids is 1. The van der Waals surface area contributed by atoms with Gasteiger partial charge in [-0.15, -0.1) is 0 Å². The highest BCUT2D eigenvalue weighted by Gasteiger charge is 2.46. The first-order chi connectivity index (χ1) is 16.5. The number of pyridine rings is 1. The summed E-state index contributed by atoms with van der Waals surface area (Å²) < 4.78 is 1.50. The molecule has 0 aliphatic heterocycles. The number of nitrogens with two attached hydrogens (primary N) is 2. The van der Waals surface area contributed by atoms with Gasteiger partial charge >= 0.3 is 0 Å². The molecule has 0 unspecified atom stereocenters. The first-order valence-corrected chi connectivity index (χ1v) is 11.1. The summed E-state index contributed by atoms with van der Waals surface area (Å²) in [5.74, 6) is -0.0661. The number of hydrogen-bond donors (Lipinski definition) is 3. The molecule has 1 aliphatic rings. The Morgan fingerprint density at radius 2 is 2.00 bits per heavy atom. The van der Waals surface area contributed by atoms with Crippen LogP contribution in [0.25, 0.3) is 11.3 Å². The number of aliphatic hydroxyl groups is 1. The lowest BCUT2D eigenvalue weighted by Crippen LogP contribution is -2.41. The minimum Gasteiger partial charge on any atom is -0.389 e. The molecule has 11 heteroatoms. The number of anilines is 1. The summed E-state index contributed by atoms with van der Waals surface area (Å²) in [6.07, 6.45) is 8.02. The van der Waals surface area contributed by atoms with Crippen molar-refractivity contribution in [3.8, 4) is 17.3 Å². The molecule has 0 radical (unpaired) electrons. The number of hydrogen-bond acceptors (Lipinski definition) is 8. The van der Waals surface area contributed by atoms with Gasteiger partial charge < -0.3 is 16.6 Å². The lowest BCUT2D eigenvalue weighted by Gasteiger charge is -2.29. The number of nitrogen functional groups attached to an aromatic ring is 1. The molecule has 0 bridgehead atoms. The van der Waals surface area contributed by atoms with Crippen molar-refractivity contribution < 1.29 is 9.90 Å². The van der Waals surface area contributed by atoms with Crippen LogP contribution < -0.4 is 11.5 Å². The van der Waals surface area contributed by atoms with Crippen LogP contribution in [0.4, 0.5) is 5.95 Å². The normalized spacial score (nSPS) is 15.9. The van der Waals surface area contributed by atoms with Gasteiger partial charge in [0.15, 0.2) is 5.69 Å². The highest BCUT2D eigenvalue weighted by Crippen LogP contribution is 2.47. The van der Waals surface area contributed by atoms with E-state index in [0.29, 0.717) is 11.3 Å². The van der Waals surface area contributed by atoms with E-state index in [1.165, 1.54) is 17.1 Å². The molecule has 0 aromatic carbocycles. The molecular weight excluding hydrogens is 446 g/mol. The molecule has 1 atom stereocenters. The van der Waals surface area contributed by atoms with Gasteiger partial charge in [-0.05, 0) is 51.2 Å². The van der Waals surface area contributed by atoms with Crippen molar-refractivity contribution in [1.82, 2.24) is 24.7 Å². The van der Waals surface area contributed by atoms with Crippen molar-refractivity contribution in [1.29, 1.82) is 5.26 Å². The van der Waals surface area contributed by atoms with Gasteiger partial charge in [-0.3, -0.25) is 14.5 Å². The fraction of sp³-hybridized carbons (Fsp3) is 0.375. The molecule has 4 rings (SSSR count). The van der Waals surface area contributed by atoms with Gasteiger partial charge in [-0.2, -0.15) is 15.4 Å². The van der Waals surface area contributed by atoms with E-state index >= 15 is 0 Å². The summed E-state index contributed by atoms with van der Waals surface area (Å²) in [4.78, 5) is 29.5. The smallest absolute Gasteiger partial charge is 0.281 e. The van der Waals surface area contributed by atoms with Gasteiger partial charge in [-0.1, -0.05) is 6.07 Å². The number of aromatic nitrogens is 5. The number of nitriles is 1. The molecular formula is C24H27N9O2. The Morgan fingerprint density at radius 3 is 2.60 bits per heavy atom. The molecule has 1 fully saturated rings. The Bertz CT molecular complexity index is 1330. The molecule has 0 spiro atoms. The maximum Gasteiger partial charge on any atom is 0.281 e. The molecule has 1 aliphatic carbocycles. The summed E-state index contributed by atoms with van der Waals surface area (Å²) >= 11 is 0. The lowest BCUT2D eigenvalue weighted by atomic mass is 9.77. The lowest BCUT2D eigenvalue weighted by molar-refractivity contribution is 0.0576. The molecule has 1 amide bonds. The summed E-state index contributed by atoms with van der Waals surface area (Å²) in [6, 6.07) is 5.64. The second kappa shape index (κ2) is 8.88. The Balaban J connectivity index is 1.62. The first kappa shape index (κ1) is 24.0. The Kier molecular flexibility index (Phi) is 6.08. The van der Waals surface area contributed by atoms with Crippen molar-refractivity contribution in [3.63, 3.8) is 0 Å². The van der Waals surface area contributed by atoms with E-state index in [0.717, 1.165) is 18.4 Å². The van der Waals surface area contributed by atoms with Crippen LogP contribution in [0.2, 0.25) is 0 Å². The maximum atomic E-state index is 12.8. The number of rotatable bonds is 7. The molecule has 3 aromatic rings. The second-order valence-electron chi connectivity index (χ2n) is 9.55. The van der Waals surface area contributed by atoms with Gasteiger partial charge in [0.1, 0.15) is 11.9 Å². The third-order valence-corrected chi connectivity index (χ3v) is 6.13. The average molecular weight is 474 g/mol. The highest BCUT2D eigenvalue weighted by atomic mass is 16.3. The Morgan fingerprint density at radius 1 is 1.26 bits per heavy atom. The van der Waals surface area contributed by atoms with Gasteiger partial charge in [0, 0.05) is 18.6 Å².